The lowest BCUT2D eigenvalue weighted by molar-refractivity contribution is -0.137. The third kappa shape index (κ3) is 4.60. The zero-order valence-corrected chi connectivity index (χ0v) is 19.4. The molecule has 0 unspecified atom stereocenters. The predicted molar refractivity (Wildman–Crippen MR) is 124 cm³/mol. The maximum atomic E-state index is 13.3. The van der Waals surface area contributed by atoms with E-state index < -0.39 is 17.8 Å². The van der Waals surface area contributed by atoms with Crippen LogP contribution in [0.4, 0.5) is 24.8 Å². The molecule has 3 aromatic rings. The van der Waals surface area contributed by atoms with Crippen molar-refractivity contribution in [2.75, 3.05) is 37.9 Å². The van der Waals surface area contributed by atoms with Crippen LogP contribution in [-0.2, 0) is 17.5 Å². The van der Waals surface area contributed by atoms with E-state index in [0.717, 1.165) is 24.1 Å². The number of hydrogen-bond acceptors (Lipinski definition) is 7. The Kier molecular flexibility index (Phi) is 5.96. The van der Waals surface area contributed by atoms with E-state index in [1.807, 2.05) is 16.7 Å². The van der Waals surface area contributed by atoms with Crippen LogP contribution in [0.15, 0.2) is 35.3 Å². The number of hydrogen-bond donors (Lipinski definition) is 2. The quantitative estimate of drug-likeness (QED) is 0.528. The number of nitrogens with zero attached hydrogens (tertiary/aromatic N) is 3. The van der Waals surface area contributed by atoms with Crippen molar-refractivity contribution < 1.29 is 27.4 Å². The largest absolute Gasteiger partial charge is 0.493 e. The predicted octanol–water partition coefficient (Wildman–Crippen LogP) is 3.90. The second kappa shape index (κ2) is 8.95. The number of fused-ring (bicyclic) bond motifs is 3. The zero-order chi connectivity index (χ0) is 24.7. The van der Waals surface area contributed by atoms with Gasteiger partial charge >= 0.3 is 6.18 Å². The lowest BCUT2D eigenvalue weighted by Crippen LogP contribution is -2.19. The first-order valence-electron chi connectivity index (χ1n) is 11.4. The molecule has 3 N–H and O–H groups in total. The fourth-order valence-electron chi connectivity index (χ4n) is 4.40. The molecule has 0 bridgehead atoms. The first kappa shape index (κ1) is 23.3. The molecule has 2 atom stereocenters. The Hall–Kier alpha value is -3.47. The minimum atomic E-state index is -4.50. The lowest BCUT2D eigenvalue weighted by atomic mass is 10.0. The number of aromatic nitrogens is 2. The van der Waals surface area contributed by atoms with Gasteiger partial charge in [-0.1, -0.05) is 0 Å². The van der Waals surface area contributed by atoms with E-state index in [1.54, 1.807) is 14.0 Å². The Bertz CT molecular complexity index is 1330. The van der Waals surface area contributed by atoms with E-state index in [-0.39, 0.29) is 11.8 Å². The number of benzene rings is 2. The summed E-state index contributed by atoms with van der Waals surface area (Å²) in [5, 5.41) is 3.94. The highest BCUT2D eigenvalue weighted by Gasteiger charge is 2.31. The number of nitrogen functional groups attached to an aromatic ring is 1. The van der Waals surface area contributed by atoms with Crippen LogP contribution in [0.25, 0.3) is 10.9 Å². The Morgan fingerprint density at radius 3 is 2.77 bits per heavy atom. The van der Waals surface area contributed by atoms with Crippen LogP contribution < -0.4 is 26.0 Å². The molecule has 1 aromatic heterocycles. The van der Waals surface area contributed by atoms with Crippen molar-refractivity contribution in [3.63, 3.8) is 0 Å². The van der Waals surface area contributed by atoms with Crippen LogP contribution in [-0.4, -0.2) is 42.5 Å². The smallest absolute Gasteiger partial charge is 0.416 e. The standard InChI is InChI=1S/C24H26F3N5O3/c1-13(14-7-15(24(25,26)27)9-16(28)8-14)30-22-18-10-21(35-17-3-6-34-12-17)20(33-2)11-19(18)32-5-4-29-23(32)31-22/h7-11,13,17H,3-6,12,28H2,1-2H3,(H,29,30,31)/t13-,17+/m1/s1. The van der Waals surface area contributed by atoms with Gasteiger partial charge in [0.2, 0.25) is 5.95 Å². The van der Waals surface area contributed by atoms with Crippen LogP contribution in [0, 0.1) is 0 Å². The van der Waals surface area contributed by atoms with Gasteiger partial charge in [0.15, 0.2) is 17.0 Å². The fraction of sp³-hybridized carbons (Fsp3) is 0.417. The van der Waals surface area contributed by atoms with E-state index in [9.17, 15) is 13.2 Å². The average Bonchev–Trinajstić information content (AvgIpc) is 3.50. The van der Waals surface area contributed by atoms with Gasteiger partial charge in [-0.2, -0.15) is 18.2 Å². The van der Waals surface area contributed by atoms with Crippen molar-refractivity contribution in [3.05, 3.63) is 46.9 Å². The number of ether oxygens (including phenoxy) is 3. The Labute approximate surface area is 199 Å². The monoisotopic (exact) mass is 489 g/mol. The highest BCUT2D eigenvalue weighted by atomic mass is 19.4. The van der Waals surface area contributed by atoms with Crippen molar-refractivity contribution in [2.45, 2.75) is 38.2 Å². The van der Waals surface area contributed by atoms with E-state index in [4.69, 9.17) is 24.9 Å². The van der Waals surface area contributed by atoms with Crippen molar-refractivity contribution in [1.82, 2.24) is 9.55 Å². The third-order valence-electron chi connectivity index (χ3n) is 6.18. The summed E-state index contributed by atoms with van der Waals surface area (Å²) >= 11 is 0. The third-order valence-corrected chi connectivity index (χ3v) is 6.18. The maximum Gasteiger partial charge on any atom is 0.416 e. The summed E-state index contributed by atoms with van der Waals surface area (Å²) in [6.07, 6.45) is -3.83. The van der Waals surface area contributed by atoms with Gasteiger partial charge in [0, 0.05) is 36.7 Å². The van der Waals surface area contributed by atoms with Gasteiger partial charge in [0.25, 0.3) is 0 Å². The topological polar surface area (TPSA) is 95.9 Å². The molecule has 0 spiro atoms. The highest BCUT2D eigenvalue weighted by Crippen LogP contribution is 2.35. The second-order valence-corrected chi connectivity index (χ2v) is 8.65. The Morgan fingerprint density at radius 2 is 2.06 bits per heavy atom. The van der Waals surface area contributed by atoms with Crippen molar-refractivity contribution in [1.29, 1.82) is 0 Å². The summed E-state index contributed by atoms with van der Waals surface area (Å²) in [6.45, 7) is 4.25. The molecule has 2 aliphatic rings. The fourth-order valence-corrected chi connectivity index (χ4v) is 4.40. The highest BCUT2D eigenvalue weighted by molar-refractivity contribution is 5.83. The molecule has 35 heavy (non-hydrogen) atoms. The Morgan fingerprint density at radius 1 is 1.23 bits per heavy atom. The van der Waals surface area contributed by atoms with Crippen LogP contribution >= 0.6 is 0 Å². The van der Waals surface area contributed by atoms with Gasteiger partial charge in [-0.25, -0.2) is 0 Å². The molecular formula is C24H26F3N5O3. The van der Waals surface area contributed by atoms with Crippen molar-refractivity contribution in [2.24, 2.45) is 4.99 Å². The number of rotatable bonds is 5. The average molecular weight is 489 g/mol. The molecule has 1 saturated heterocycles. The van der Waals surface area contributed by atoms with Crippen LogP contribution in [0.1, 0.15) is 30.5 Å². The summed E-state index contributed by atoms with van der Waals surface area (Å²) in [7, 11) is 1.58. The van der Waals surface area contributed by atoms with Crippen LogP contribution in [0.5, 0.6) is 11.5 Å². The normalized spacial score (nSPS) is 19.0. The van der Waals surface area contributed by atoms with E-state index in [1.165, 1.54) is 6.07 Å². The maximum absolute atomic E-state index is 13.3. The van der Waals surface area contributed by atoms with E-state index in [0.29, 0.717) is 60.2 Å². The first-order chi connectivity index (χ1) is 16.7. The molecule has 186 valence electrons. The molecule has 0 radical (unpaired) electrons. The zero-order valence-electron chi connectivity index (χ0n) is 19.4. The first-order valence-corrected chi connectivity index (χ1v) is 11.4. The number of anilines is 2. The molecule has 3 heterocycles. The van der Waals surface area contributed by atoms with E-state index >= 15 is 0 Å². The van der Waals surface area contributed by atoms with Crippen molar-refractivity contribution in [3.8, 4) is 11.5 Å². The second-order valence-electron chi connectivity index (χ2n) is 8.65. The molecule has 5 rings (SSSR count). The van der Waals surface area contributed by atoms with Gasteiger partial charge in [0.05, 0.1) is 37.4 Å². The molecule has 0 aliphatic carbocycles. The number of halogens is 3. The summed E-state index contributed by atoms with van der Waals surface area (Å²) in [6, 6.07) is 6.58. The minimum absolute atomic E-state index is 0.0278. The minimum Gasteiger partial charge on any atom is -0.493 e. The van der Waals surface area contributed by atoms with Gasteiger partial charge in [-0.15, -0.1) is 0 Å². The summed E-state index contributed by atoms with van der Waals surface area (Å²) in [5.74, 6) is 1.74. The van der Waals surface area contributed by atoms with Gasteiger partial charge < -0.3 is 29.8 Å². The van der Waals surface area contributed by atoms with Gasteiger partial charge in [0.1, 0.15) is 6.10 Å². The number of methoxy groups -OCH3 is 1. The molecule has 0 saturated carbocycles. The lowest BCUT2D eigenvalue weighted by Gasteiger charge is -2.18. The number of alkyl halides is 3. The molecule has 1 fully saturated rings. The molecule has 8 nitrogen and oxygen atoms in total. The summed E-state index contributed by atoms with van der Waals surface area (Å²) in [5.41, 5.74) is 6.56. The number of nitrogens with one attached hydrogen (secondary N) is 1. The van der Waals surface area contributed by atoms with Crippen LogP contribution in [0.3, 0.4) is 0 Å². The van der Waals surface area contributed by atoms with Crippen molar-refractivity contribution >= 4 is 22.5 Å². The molecule has 0 amide bonds. The molecule has 2 aromatic carbocycles. The van der Waals surface area contributed by atoms with E-state index in [2.05, 4.69) is 10.3 Å². The summed E-state index contributed by atoms with van der Waals surface area (Å²) in [4.78, 5) is 9.40. The van der Waals surface area contributed by atoms with Gasteiger partial charge in [-0.05, 0) is 36.8 Å². The number of nitrogens with two attached hydrogens (primary N) is 1. The van der Waals surface area contributed by atoms with Gasteiger partial charge in [-0.3, -0.25) is 4.99 Å². The van der Waals surface area contributed by atoms with Crippen LogP contribution in [0.2, 0.25) is 0 Å². The summed E-state index contributed by atoms with van der Waals surface area (Å²) < 4.78 is 59.2. The molecule has 2 aliphatic heterocycles. The SMILES string of the molecule is COc1cc2c(cc1O[C@H]1CCOC1)c(=N[C@H](C)c1cc(N)cc(C(F)(F)F)c1)nc1n2CCN1. The molecule has 11 heteroatoms. The Balaban J connectivity index is 1.65. The molecular weight excluding hydrogens is 463 g/mol.